The summed E-state index contributed by atoms with van der Waals surface area (Å²) in [6, 6.07) is 0.585. The Morgan fingerprint density at radius 3 is 3.07 bits per heavy atom. The van der Waals surface area contributed by atoms with Gasteiger partial charge in [-0.15, -0.1) is 11.3 Å². The van der Waals surface area contributed by atoms with Crippen LogP contribution in [0.3, 0.4) is 0 Å². The highest BCUT2D eigenvalue weighted by molar-refractivity contribution is 7.10. The molecule has 1 aliphatic carbocycles. The summed E-state index contributed by atoms with van der Waals surface area (Å²) in [5.74, 6) is 0.792. The molecule has 0 aliphatic heterocycles. The summed E-state index contributed by atoms with van der Waals surface area (Å²) in [4.78, 5) is 1.64. The van der Waals surface area contributed by atoms with Gasteiger partial charge in [0.15, 0.2) is 0 Å². The topological polar surface area (TPSA) is 12.0 Å². The first-order valence-electron chi connectivity index (χ1n) is 5.51. The SMILES string of the molecule is CC(C)NCc1csc2c1C(C)CC2. The Morgan fingerprint density at radius 1 is 1.57 bits per heavy atom. The molecule has 0 radical (unpaired) electrons. The van der Waals surface area contributed by atoms with E-state index in [2.05, 4.69) is 31.5 Å². The molecule has 1 unspecified atom stereocenters. The number of hydrogen-bond donors (Lipinski definition) is 1. The second-order valence-electron chi connectivity index (χ2n) is 4.57. The lowest BCUT2D eigenvalue weighted by molar-refractivity contribution is 0.585. The summed E-state index contributed by atoms with van der Waals surface area (Å²) in [6.07, 6.45) is 2.67. The van der Waals surface area contributed by atoms with Gasteiger partial charge >= 0.3 is 0 Å². The maximum absolute atomic E-state index is 3.50. The van der Waals surface area contributed by atoms with Gasteiger partial charge in [-0.3, -0.25) is 0 Å². The third kappa shape index (κ3) is 1.86. The molecule has 0 bridgehead atoms. The van der Waals surface area contributed by atoms with Crippen LogP contribution in [0, 0.1) is 0 Å². The van der Waals surface area contributed by atoms with E-state index < -0.39 is 0 Å². The van der Waals surface area contributed by atoms with E-state index in [0.717, 1.165) is 12.5 Å². The van der Waals surface area contributed by atoms with E-state index in [1.54, 1.807) is 16.0 Å². The Labute approximate surface area is 90.5 Å². The van der Waals surface area contributed by atoms with E-state index in [1.807, 2.05) is 11.3 Å². The second-order valence-corrected chi connectivity index (χ2v) is 5.54. The van der Waals surface area contributed by atoms with E-state index in [4.69, 9.17) is 0 Å². The van der Waals surface area contributed by atoms with Crippen molar-refractivity contribution < 1.29 is 0 Å². The molecule has 2 rings (SSSR count). The van der Waals surface area contributed by atoms with E-state index in [1.165, 1.54) is 12.8 Å². The molecule has 78 valence electrons. The third-order valence-corrected chi connectivity index (χ3v) is 4.10. The van der Waals surface area contributed by atoms with Crippen LogP contribution in [-0.4, -0.2) is 6.04 Å². The Balaban J connectivity index is 2.11. The maximum Gasteiger partial charge on any atom is 0.0219 e. The first-order valence-corrected chi connectivity index (χ1v) is 6.39. The smallest absolute Gasteiger partial charge is 0.0219 e. The van der Waals surface area contributed by atoms with E-state index in [9.17, 15) is 0 Å². The van der Waals surface area contributed by atoms with Crippen molar-refractivity contribution in [3.05, 3.63) is 21.4 Å². The van der Waals surface area contributed by atoms with Crippen molar-refractivity contribution in [3.8, 4) is 0 Å². The summed E-state index contributed by atoms with van der Waals surface area (Å²) in [5.41, 5.74) is 3.20. The minimum absolute atomic E-state index is 0.585. The fourth-order valence-electron chi connectivity index (χ4n) is 2.18. The highest BCUT2D eigenvalue weighted by atomic mass is 32.1. The molecule has 0 spiro atoms. The first-order chi connectivity index (χ1) is 6.68. The minimum Gasteiger partial charge on any atom is -0.310 e. The zero-order valence-corrected chi connectivity index (χ0v) is 10.1. The van der Waals surface area contributed by atoms with Crippen LogP contribution < -0.4 is 5.32 Å². The zero-order valence-electron chi connectivity index (χ0n) is 9.26. The maximum atomic E-state index is 3.50. The van der Waals surface area contributed by atoms with Gasteiger partial charge in [-0.1, -0.05) is 20.8 Å². The Morgan fingerprint density at radius 2 is 2.36 bits per heavy atom. The average molecular weight is 209 g/mol. The van der Waals surface area contributed by atoms with Gasteiger partial charge in [-0.2, -0.15) is 0 Å². The molecule has 1 aliphatic rings. The van der Waals surface area contributed by atoms with Gasteiger partial charge in [-0.25, -0.2) is 0 Å². The van der Waals surface area contributed by atoms with Gasteiger partial charge in [0.1, 0.15) is 0 Å². The van der Waals surface area contributed by atoms with Crippen LogP contribution >= 0.6 is 11.3 Å². The van der Waals surface area contributed by atoms with Gasteiger partial charge in [0.25, 0.3) is 0 Å². The normalized spacial score (nSPS) is 20.4. The predicted molar refractivity (Wildman–Crippen MR) is 63.0 cm³/mol. The number of hydrogen-bond acceptors (Lipinski definition) is 2. The predicted octanol–water partition coefficient (Wildman–Crippen LogP) is 3.30. The van der Waals surface area contributed by atoms with Crippen molar-refractivity contribution in [2.45, 2.75) is 52.1 Å². The van der Waals surface area contributed by atoms with Crippen LogP contribution in [0.5, 0.6) is 0 Å². The molecule has 0 saturated heterocycles. The van der Waals surface area contributed by atoms with E-state index in [-0.39, 0.29) is 0 Å². The van der Waals surface area contributed by atoms with E-state index in [0.29, 0.717) is 6.04 Å². The van der Waals surface area contributed by atoms with Crippen LogP contribution in [0.4, 0.5) is 0 Å². The minimum atomic E-state index is 0.585. The molecule has 0 fully saturated rings. The molecule has 0 aromatic carbocycles. The van der Waals surface area contributed by atoms with Crippen molar-refractivity contribution in [3.63, 3.8) is 0 Å². The summed E-state index contributed by atoms with van der Waals surface area (Å²) >= 11 is 1.95. The standard InChI is InChI=1S/C12H19NS/c1-8(2)13-6-10-7-14-11-5-4-9(3)12(10)11/h7-9,13H,4-6H2,1-3H3. The summed E-state index contributed by atoms with van der Waals surface area (Å²) in [5, 5.41) is 5.85. The van der Waals surface area contributed by atoms with Crippen LogP contribution in [0.2, 0.25) is 0 Å². The highest BCUT2D eigenvalue weighted by Gasteiger charge is 2.23. The molecular weight excluding hydrogens is 190 g/mol. The quantitative estimate of drug-likeness (QED) is 0.805. The van der Waals surface area contributed by atoms with Crippen molar-refractivity contribution in [2.24, 2.45) is 0 Å². The molecule has 1 aromatic rings. The van der Waals surface area contributed by atoms with Crippen LogP contribution in [0.25, 0.3) is 0 Å². The number of aryl methyl sites for hydroxylation is 1. The lowest BCUT2D eigenvalue weighted by atomic mass is 10.0. The summed E-state index contributed by atoms with van der Waals surface area (Å²) in [7, 11) is 0. The third-order valence-electron chi connectivity index (χ3n) is 2.99. The number of rotatable bonds is 3. The van der Waals surface area contributed by atoms with E-state index >= 15 is 0 Å². The van der Waals surface area contributed by atoms with Gasteiger partial charge in [0, 0.05) is 17.5 Å². The monoisotopic (exact) mass is 209 g/mol. The van der Waals surface area contributed by atoms with Crippen molar-refractivity contribution in [2.75, 3.05) is 0 Å². The second kappa shape index (κ2) is 4.03. The van der Waals surface area contributed by atoms with Gasteiger partial charge in [0.2, 0.25) is 0 Å². The Kier molecular flexibility index (Phi) is 2.93. The average Bonchev–Trinajstić information content (AvgIpc) is 2.66. The highest BCUT2D eigenvalue weighted by Crippen LogP contribution is 2.39. The van der Waals surface area contributed by atoms with Crippen molar-refractivity contribution in [1.29, 1.82) is 0 Å². The van der Waals surface area contributed by atoms with Crippen LogP contribution in [0.1, 0.15) is 49.1 Å². The van der Waals surface area contributed by atoms with Gasteiger partial charge < -0.3 is 5.32 Å². The Hall–Kier alpha value is -0.340. The van der Waals surface area contributed by atoms with Gasteiger partial charge in [0.05, 0.1) is 0 Å². The molecule has 1 heterocycles. The summed E-state index contributed by atoms with van der Waals surface area (Å²) < 4.78 is 0. The number of thiophene rings is 1. The largest absolute Gasteiger partial charge is 0.310 e. The first kappa shape index (κ1) is 10.2. The molecule has 0 amide bonds. The number of fused-ring (bicyclic) bond motifs is 1. The lowest BCUT2D eigenvalue weighted by Crippen LogP contribution is -2.22. The molecule has 2 heteroatoms. The molecule has 1 aromatic heterocycles. The molecule has 1 atom stereocenters. The fourth-order valence-corrected chi connectivity index (χ4v) is 3.37. The molecule has 14 heavy (non-hydrogen) atoms. The zero-order chi connectivity index (χ0) is 10.1. The van der Waals surface area contributed by atoms with Gasteiger partial charge in [-0.05, 0) is 35.3 Å². The lowest BCUT2D eigenvalue weighted by Gasteiger charge is -2.10. The molecule has 1 N–H and O–H groups in total. The van der Waals surface area contributed by atoms with Crippen molar-refractivity contribution in [1.82, 2.24) is 5.32 Å². The summed E-state index contributed by atoms with van der Waals surface area (Å²) in [6.45, 7) is 7.82. The molecule has 1 nitrogen and oxygen atoms in total. The van der Waals surface area contributed by atoms with Crippen molar-refractivity contribution >= 4 is 11.3 Å². The molecule has 0 saturated carbocycles. The van der Waals surface area contributed by atoms with Crippen LogP contribution in [0.15, 0.2) is 5.38 Å². The number of nitrogens with one attached hydrogen (secondary N) is 1. The van der Waals surface area contributed by atoms with Crippen LogP contribution in [-0.2, 0) is 13.0 Å². The fraction of sp³-hybridized carbons (Fsp3) is 0.667. The Bertz CT molecular complexity index is 314. The molecular formula is C12H19NS.